The lowest BCUT2D eigenvalue weighted by atomic mass is 10.0. The number of benzene rings is 2. The summed E-state index contributed by atoms with van der Waals surface area (Å²) in [7, 11) is 1.59. The third kappa shape index (κ3) is 4.47. The maximum atomic E-state index is 12.3. The number of amides is 1. The fourth-order valence-corrected chi connectivity index (χ4v) is 2.62. The van der Waals surface area contributed by atoms with Crippen molar-refractivity contribution in [3.05, 3.63) is 72.0 Å². The predicted octanol–water partition coefficient (Wildman–Crippen LogP) is 3.30. The van der Waals surface area contributed by atoms with E-state index in [2.05, 4.69) is 5.32 Å². The molecule has 1 unspecified atom stereocenters. The van der Waals surface area contributed by atoms with Crippen molar-refractivity contribution in [2.75, 3.05) is 26.9 Å². The van der Waals surface area contributed by atoms with Gasteiger partial charge in [0.25, 0.3) is 0 Å². The predicted molar refractivity (Wildman–Crippen MR) is 95.3 cm³/mol. The molecule has 0 fully saturated rings. The standard InChI is InChI=1S/C20H21NO4/c1-23-11-12-24-14-19(22)21-20(15-7-3-2-4-8-15)18-13-16-9-5-6-10-17(16)25-18/h2-10,13,20H,11-12,14H2,1H3,(H,21,22). The van der Waals surface area contributed by atoms with E-state index in [1.54, 1.807) is 7.11 Å². The Hall–Kier alpha value is -2.63. The molecule has 5 nitrogen and oxygen atoms in total. The van der Waals surface area contributed by atoms with Crippen LogP contribution < -0.4 is 5.32 Å². The Morgan fingerprint density at radius 3 is 2.60 bits per heavy atom. The highest BCUT2D eigenvalue weighted by atomic mass is 16.5. The Balaban J connectivity index is 1.79. The fourth-order valence-electron chi connectivity index (χ4n) is 2.62. The Bertz CT molecular complexity index is 780. The third-order valence-corrected chi connectivity index (χ3v) is 3.83. The lowest BCUT2D eigenvalue weighted by Gasteiger charge is -2.17. The molecular formula is C20H21NO4. The van der Waals surface area contributed by atoms with E-state index in [9.17, 15) is 4.79 Å². The number of fused-ring (bicyclic) bond motifs is 1. The van der Waals surface area contributed by atoms with Gasteiger partial charge in [0, 0.05) is 12.5 Å². The maximum absolute atomic E-state index is 12.3. The zero-order valence-corrected chi connectivity index (χ0v) is 14.1. The number of rotatable bonds is 8. The van der Waals surface area contributed by atoms with E-state index in [0.29, 0.717) is 19.0 Å². The number of hydrogen-bond acceptors (Lipinski definition) is 4. The van der Waals surface area contributed by atoms with Crippen LogP contribution in [-0.2, 0) is 14.3 Å². The van der Waals surface area contributed by atoms with Crippen molar-refractivity contribution >= 4 is 16.9 Å². The Morgan fingerprint density at radius 1 is 1.08 bits per heavy atom. The SMILES string of the molecule is COCCOCC(=O)NC(c1ccccc1)c1cc2ccccc2o1. The molecule has 2 aromatic carbocycles. The third-order valence-electron chi connectivity index (χ3n) is 3.83. The van der Waals surface area contributed by atoms with Gasteiger partial charge in [-0.25, -0.2) is 0 Å². The number of carbonyl (C=O) groups is 1. The molecule has 0 bridgehead atoms. The van der Waals surface area contributed by atoms with Gasteiger partial charge in [-0.3, -0.25) is 4.79 Å². The van der Waals surface area contributed by atoms with E-state index in [1.807, 2.05) is 60.7 Å². The molecule has 3 rings (SSSR count). The van der Waals surface area contributed by atoms with Gasteiger partial charge < -0.3 is 19.2 Å². The minimum absolute atomic E-state index is 0.0209. The topological polar surface area (TPSA) is 60.7 Å². The summed E-state index contributed by atoms with van der Waals surface area (Å²) in [5, 5.41) is 3.99. The molecule has 0 saturated carbocycles. The number of para-hydroxylation sites is 1. The van der Waals surface area contributed by atoms with Crippen molar-refractivity contribution in [1.29, 1.82) is 0 Å². The van der Waals surface area contributed by atoms with E-state index in [4.69, 9.17) is 13.9 Å². The van der Waals surface area contributed by atoms with Crippen LogP contribution in [0, 0.1) is 0 Å². The number of ether oxygens (including phenoxy) is 2. The molecule has 1 heterocycles. The molecule has 1 atom stereocenters. The molecule has 1 N–H and O–H groups in total. The monoisotopic (exact) mass is 339 g/mol. The highest BCUT2D eigenvalue weighted by molar-refractivity contribution is 5.80. The van der Waals surface area contributed by atoms with Crippen LogP contribution >= 0.6 is 0 Å². The zero-order valence-electron chi connectivity index (χ0n) is 14.1. The van der Waals surface area contributed by atoms with Crippen LogP contribution in [0.5, 0.6) is 0 Å². The fraction of sp³-hybridized carbons (Fsp3) is 0.250. The summed E-state index contributed by atoms with van der Waals surface area (Å²) in [5.74, 6) is 0.489. The lowest BCUT2D eigenvalue weighted by Crippen LogP contribution is -2.32. The maximum Gasteiger partial charge on any atom is 0.246 e. The average Bonchev–Trinajstić information content (AvgIpc) is 3.08. The number of carbonyl (C=O) groups excluding carboxylic acids is 1. The molecule has 25 heavy (non-hydrogen) atoms. The molecule has 1 aromatic heterocycles. The molecular weight excluding hydrogens is 318 g/mol. The second-order valence-corrected chi connectivity index (χ2v) is 5.64. The van der Waals surface area contributed by atoms with E-state index in [0.717, 1.165) is 16.5 Å². The minimum atomic E-state index is -0.368. The van der Waals surface area contributed by atoms with Gasteiger partial charge in [0.05, 0.1) is 13.2 Å². The van der Waals surface area contributed by atoms with Gasteiger partial charge in [0.2, 0.25) is 5.91 Å². The summed E-state index contributed by atoms with van der Waals surface area (Å²) in [6, 6.07) is 19.1. The van der Waals surface area contributed by atoms with Crippen molar-refractivity contribution in [1.82, 2.24) is 5.32 Å². The first-order valence-electron chi connectivity index (χ1n) is 8.17. The highest BCUT2D eigenvalue weighted by Gasteiger charge is 2.20. The Labute approximate surface area is 146 Å². The molecule has 130 valence electrons. The molecule has 0 radical (unpaired) electrons. The average molecular weight is 339 g/mol. The largest absolute Gasteiger partial charge is 0.459 e. The second-order valence-electron chi connectivity index (χ2n) is 5.64. The highest BCUT2D eigenvalue weighted by Crippen LogP contribution is 2.28. The minimum Gasteiger partial charge on any atom is -0.459 e. The van der Waals surface area contributed by atoms with Crippen molar-refractivity contribution in [2.24, 2.45) is 0 Å². The molecule has 0 saturated heterocycles. The second kappa shape index (κ2) is 8.46. The van der Waals surface area contributed by atoms with Crippen molar-refractivity contribution in [3.63, 3.8) is 0 Å². The molecule has 0 aliphatic rings. The van der Waals surface area contributed by atoms with Gasteiger partial charge in [0.1, 0.15) is 24.0 Å². The molecule has 1 amide bonds. The first kappa shape index (κ1) is 17.2. The van der Waals surface area contributed by atoms with Crippen LogP contribution in [0.25, 0.3) is 11.0 Å². The molecule has 0 aliphatic carbocycles. The van der Waals surface area contributed by atoms with Crippen LogP contribution in [0.15, 0.2) is 65.1 Å². The first-order valence-corrected chi connectivity index (χ1v) is 8.17. The van der Waals surface area contributed by atoms with Crippen molar-refractivity contribution in [2.45, 2.75) is 6.04 Å². The summed E-state index contributed by atoms with van der Waals surface area (Å²) in [4.78, 5) is 12.3. The van der Waals surface area contributed by atoms with Crippen molar-refractivity contribution in [3.8, 4) is 0 Å². The number of methoxy groups -OCH3 is 1. The quantitative estimate of drug-likeness (QED) is 0.640. The number of hydrogen-bond donors (Lipinski definition) is 1. The van der Waals surface area contributed by atoms with Gasteiger partial charge >= 0.3 is 0 Å². The molecule has 0 spiro atoms. The molecule has 5 heteroatoms. The lowest BCUT2D eigenvalue weighted by molar-refractivity contribution is -0.126. The van der Waals surface area contributed by atoms with Crippen LogP contribution in [0.2, 0.25) is 0 Å². The van der Waals surface area contributed by atoms with E-state index >= 15 is 0 Å². The molecule has 0 aliphatic heterocycles. The van der Waals surface area contributed by atoms with E-state index in [-0.39, 0.29) is 18.6 Å². The van der Waals surface area contributed by atoms with Gasteiger partial charge in [-0.05, 0) is 17.7 Å². The number of nitrogens with one attached hydrogen (secondary N) is 1. The summed E-state index contributed by atoms with van der Waals surface area (Å²) >= 11 is 0. The van der Waals surface area contributed by atoms with E-state index in [1.165, 1.54) is 0 Å². The zero-order chi connectivity index (χ0) is 17.5. The number of furan rings is 1. The molecule has 3 aromatic rings. The van der Waals surface area contributed by atoms with Crippen LogP contribution in [-0.4, -0.2) is 32.8 Å². The Kier molecular flexibility index (Phi) is 5.82. The summed E-state index contributed by atoms with van der Waals surface area (Å²) < 4.78 is 16.2. The van der Waals surface area contributed by atoms with Crippen molar-refractivity contribution < 1.29 is 18.7 Å². The van der Waals surface area contributed by atoms with Crippen LogP contribution in [0.1, 0.15) is 17.4 Å². The van der Waals surface area contributed by atoms with E-state index < -0.39 is 0 Å². The van der Waals surface area contributed by atoms with Crippen LogP contribution in [0.4, 0.5) is 0 Å². The van der Waals surface area contributed by atoms with Gasteiger partial charge in [-0.15, -0.1) is 0 Å². The van der Waals surface area contributed by atoms with Crippen LogP contribution in [0.3, 0.4) is 0 Å². The summed E-state index contributed by atoms with van der Waals surface area (Å²) in [5.41, 5.74) is 1.75. The first-order chi connectivity index (χ1) is 12.3. The van der Waals surface area contributed by atoms with Gasteiger partial charge in [0.15, 0.2) is 0 Å². The smallest absolute Gasteiger partial charge is 0.246 e. The summed E-state index contributed by atoms with van der Waals surface area (Å²) in [6.45, 7) is 0.816. The normalized spacial score (nSPS) is 12.2. The van der Waals surface area contributed by atoms with Gasteiger partial charge in [-0.2, -0.15) is 0 Å². The Morgan fingerprint density at radius 2 is 1.84 bits per heavy atom. The summed E-state index contributed by atoms with van der Waals surface area (Å²) in [6.07, 6.45) is 0. The van der Waals surface area contributed by atoms with Gasteiger partial charge in [-0.1, -0.05) is 48.5 Å².